The molecule has 45 heavy (non-hydrogen) atoms. The summed E-state index contributed by atoms with van der Waals surface area (Å²) in [6, 6.07) is -0.762. The van der Waals surface area contributed by atoms with E-state index in [9.17, 15) is 18.6 Å². The summed E-state index contributed by atoms with van der Waals surface area (Å²) in [5.74, 6) is 0.652. The van der Waals surface area contributed by atoms with E-state index in [-0.39, 0.29) is 30.7 Å². The summed E-state index contributed by atoms with van der Waals surface area (Å²) in [5.41, 5.74) is 2.16. The van der Waals surface area contributed by atoms with E-state index in [1.54, 1.807) is 12.3 Å². The van der Waals surface area contributed by atoms with Gasteiger partial charge >= 0.3 is 5.97 Å². The van der Waals surface area contributed by atoms with Gasteiger partial charge in [0.05, 0.1) is 6.42 Å². The molecule has 0 saturated carbocycles. The van der Waals surface area contributed by atoms with Gasteiger partial charge in [0, 0.05) is 54.6 Å². The zero-order chi connectivity index (χ0) is 33.2. The first kappa shape index (κ1) is 44.9. The van der Waals surface area contributed by atoms with Crippen LogP contribution in [0.4, 0.5) is 0 Å². The molecular weight excluding hydrogens is 613 g/mol. The van der Waals surface area contributed by atoms with E-state index >= 15 is 0 Å². The average Bonchev–Trinajstić information content (AvgIpc) is 3.24. The monoisotopic (exact) mass is 672 g/mol. The number of nitrogens with one attached hydrogen (secondary N) is 1. The lowest BCUT2D eigenvalue weighted by molar-refractivity contribution is -0.138. The largest absolute Gasteiger partial charge is 0.481 e. The van der Waals surface area contributed by atoms with Gasteiger partial charge in [0.1, 0.15) is 12.6 Å². The predicted molar refractivity (Wildman–Crippen MR) is 190 cm³/mol. The molecule has 0 bridgehead atoms. The molecule has 260 valence electrons. The molecule has 0 aromatic heterocycles. The van der Waals surface area contributed by atoms with Crippen LogP contribution in [0.5, 0.6) is 0 Å². The van der Waals surface area contributed by atoms with Gasteiger partial charge in [-0.15, -0.1) is 0 Å². The van der Waals surface area contributed by atoms with Crippen LogP contribution in [0.2, 0.25) is 0 Å². The van der Waals surface area contributed by atoms with E-state index in [1.807, 2.05) is 12.2 Å². The number of unbranched alkanes of at least 4 members (excludes halogenated alkanes) is 2. The number of ketones is 1. The zero-order valence-electron chi connectivity index (χ0n) is 28.2. The normalized spacial score (nSPS) is 19.2. The summed E-state index contributed by atoms with van der Waals surface area (Å²) < 4.78 is 16.7. The number of hydrogen-bond donors (Lipinski definition) is 3. The van der Waals surface area contributed by atoms with E-state index in [1.165, 1.54) is 51.3 Å². The number of amides is 1. The van der Waals surface area contributed by atoms with Crippen LogP contribution in [0, 0.1) is 5.92 Å². The number of methoxy groups -OCH3 is 1. The highest BCUT2D eigenvalue weighted by Gasteiger charge is 2.25. The summed E-state index contributed by atoms with van der Waals surface area (Å²) in [5, 5.41) is 11.2. The Hall–Kier alpha value is -2.21. The molecule has 2 unspecified atom stereocenters. The maximum atomic E-state index is 12.1. The number of Topliss-reactive ketones (excluding diaryl/α,β-unsaturated/α-hetero) is 1. The molecule has 1 saturated heterocycles. The van der Waals surface area contributed by atoms with Crippen LogP contribution in [0.3, 0.4) is 0 Å². The van der Waals surface area contributed by atoms with E-state index in [0.717, 1.165) is 43.0 Å². The van der Waals surface area contributed by atoms with Crippen molar-refractivity contribution in [2.75, 3.05) is 44.6 Å². The molecule has 1 aliphatic heterocycles. The zero-order valence-corrected chi connectivity index (χ0v) is 29.9. The Morgan fingerprint density at radius 2 is 1.80 bits per heavy atom. The fraction of sp³-hybridized carbons (Fsp3) is 0.676. The maximum absolute atomic E-state index is 12.1. The van der Waals surface area contributed by atoms with Crippen molar-refractivity contribution in [1.29, 1.82) is 0 Å². The van der Waals surface area contributed by atoms with Crippen LogP contribution >= 0.6 is 12.6 Å². The number of allylic oxidation sites excluding steroid dienone is 6. The minimum Gasteiger partial charge on any atom is -0.481 e. The smallest absolute Gasteiger partial charge is 0.303 e. The molecule has 3 atom stereocenters. The molecule has 1 fully saturated rings. The lowest BCUT2D eigenvalue weighted by Gasteiger charge is -2.28. The Labute approximate surface area is 280 Å². The Kier molecular flexibility index (Phi) is 29.2. The van der Waals surface area contributed by atoms with Crippen molar-refractivity contribution in [3.8, 4) is 0 Å². The van der Waals surface area contributed by atoms with Gasteiger partial charge in [-0.3, -0.25) is 18.6 Å². The number of carboxylic acid groups (broad SMARTS) is 1. The standard InChI is InChI=1S/C15H25NOS.C14H19NO5.C4H10.CH4S.H2O/c1-2-3-7-14-12-16(10-11-18(17)13-14)15-8-5-4-6-9-15;1-20-9-12(17)15-14(10-5-3-2-4-6-10)11(16)7-8-13(18)19;1-3-4-2;1-2;/h5,8-9,14H,2-4,6-7,10-13H2,1H3;2-3,5,14H,4,6-9H2,1H3,(H,15,17)(H,18,19);3-4H2,1-2H3;2H,1H3;1H2/t;14-;;;/m.1.../s1. The molecule has 0 aromatic rings. The van der Waals surface area contributed by atoms with Gasteiger partial charge in [0.25, 0.3) is 0 Å². The second-order valence-corrected chi connectivity index (χ2v) is 12.5. The topological polar surface area (TPSA) is 145 Å². The summed E-state index contributed by atoms with van der Waals surface area (Å²) >= 11 is 3.53. The maximum Gasteiger partial charge on any atom is 0.303 e. The highest BCUT2D eigenvalue weighted by molar-refractivity contribution is 7.85. The Morgan fingerprint density at radius 3 is 2.33 bits per heavy atom. The SMILES string of the molecule is CCCC.CCCCC1CN(C2=CCCC=C2)CCS(=O)C1.COCC(=O)N[C@@H](C(=O)CCC(=O)O)C1=CC=CCC1.CS.O. The first-order valence-electron chi connectivity index (χ1n) is 16.0. The summed E-state index contributed by atoms with van der Waals surface area (Å²) in [7, 11) is 0.783. The predicted octanol–water partition coefficient (Wildman–Crippen LogP) is 5.45. The molecular formula is C34H60N2O7S2. The molecule has 0 radical (unpaired) electrons. The van der Waals surface area contributed by atoms with E-state index in [2.05, 4.69) is 61.8 Å². The van der Waals surface area contributed by atoms with Crippen LogP contribution in [0.15, 0.2) is 47.7 Å². The van der Waals surface area contributed by atoms with Crippen LogP contribution in [0.25, 0.3) is 0 Å². The Balaban J connectivity index is 0. The third-order valence-corrected chi connectivity index (χ3v) is 8.68. The van der Waals surface area contributed by atoms with Gasteiger partial charge in [-0.1, -0.05) is 76.8 Å². The van der Waals surface area contributed by atoms with Gasteiger partial charge in [-0.25, -0.2) is 0 Å². The Morgan fingerprint density at radius 1 is 1.09 bits per heavy atom. The van der Waals surface area contributed by atoms with E-state index < -0.39 is 28.7 Å². The molecule has 3 aliphatic rings. The summed E-state index contributed by atoms with van der Waals surface area (Å²) in [6.45, 7) is 8.52. The third-order valence-electron chi connectivity index (χ3n) is 7.20. The highest BCUT2D eigenvalue weighted by atomic mass is 32.2. The summed E-state index contributed by atoms with van der Waals surface area (Å²) in [6.07, 6.45) is 24.0. The van der Waals surface area contributed by atoms with Gasteiger partial charge in [-0.2, -0.15) is 12.6 Å². The van der Waals surface area contributed by atoms with Crippen molar-refractivity contribution in [2.24, 2.45) is 5.92 Å². The third kappa shape index (κ3) is 21.3. The van der Waals surface area contributed by atoms with Crippen LogP contribution in [-0.4, -0.2) is 88.0 Å². The lowest BCUT2D eigenvalue weighted by atomic mass is 9.93. The molecule has 0 aromatic carbocycles. The van der Waals surface area contributed by atoms with Crippen LogP contribution < -0.4 is 5.32 Å². The molecule has 0 spiro atoms. The van der Waals surface area contributed by atoms with Gasteiger partial charge in [0.2, 0.25) is 5.91 Å². The Bertz CT molecular complexity index is 978. The van der Waals surface area contributed by atoms with Gasteiger partial charge < -0.3 is 25.5 Å². The van der Waals surface area contributed by atoms with Crippen molar-refractivity contribution < 1.29 is 33.9 Å². The fourth-order valence-corrected chi connectivity index (χ4v) is 6.09. The van der Waals surface area contributed by atoms with Crippen molar-refractivity contribution >= 4 is 41.1 Å². The van der Waals surface area contributed by atoms with Crippen LogP contribution in [-0.2, 0) is 29.9 Å². The second-order valence-electron chi connectivity index (χ2n) is 10.9. The van der Waals surface area contributed by atoms with Crippen molar-refractivity contribution in [3.63, 3.8) is 0 Å². The lowest BCUT2D eigenvalue weighted by Crippen LogP contribution is -2.44. The quantitative estimate of drug-likeness (QED) is 0.221. The number of nitrogens with zero attached hydrogens (tertiary/aromatic N) is 1. The molecule has 1 amide bonds. The number of carboxylic acids is 1. The fourth-order valence-electron chi connectivity index (χ4n) is 4.70. The molecule has 2 aliphatic carbocycles. The van der Waals surface area contributed by atoms with Crippen molar-refractivity contribution in [3.05, 3.63) is 47.7 Å². The molecule has 1 heterocycles. The molecule has 4 N–H and O–H groups in total. The summed E-state index contributed by atoms with van der Waals surface area (Å²) in [4.78, 5) is 36.7. The molecule has 9 nitrogen and oxygen atoms in total. The minimum atomic E-state index is -1.03. The molecule has 3 rings (SSSR count). The first-order valence-corrected chi connectivity index (χ1v) is 18.4. The highest BCUT2D eigenvalue weighted by Crippen LogP contribution is 2.22. The van der Waals surface area contributed by atoms with Crippen LogP contribution in [0.1, 0.15) is 91.4 Å². The van der Waals surface area contributed by atoms with Crippen molar-refractivity contribution in [2.45, 2.75) is 97.4 Å². The number of carbonyl (C=O) groups excluding carboxylic acids is 2. The van der Waals surface area contributed by atoms with E-state index in [0.29, 0.717) is 12.3 Å². The second kappa shape index (κ2) is 29.2. The average molecular weight is 673 g/mol. The first-order chi connectivity index (χ1) is 21.2. The number of carbonyl (C=O) groups is 3. The van der Waals surface area contributed by atoms with Crippen molar-refractivity contribution in [1.82, 2.24) is 10.2 Å². The number of rotatable bonds is 13. The number of aliphatic carboxylic acids is 1. The molecule has 11 heteroatoms. The van der Waals surface area contributed by atoms with Gasteiger partial charge in [-0.05, 0) is 55.9 Å². The number of ether oxygens (including phenoxy) is 1. The number of hydrogen-bond acceptors (Lipinski definition) is 7. The van der Waals surface area contributed by atoms with E-state index in [4.69, 9.17) is 9.84 Å². The minimum absolute atomic E-state index is 0. The van der Waals surface area contributed by atoms with Gasteiger partial charge in [0.15, 0.2) is 5.78 Å². The number of thiol groups is 1.